The van der Waals surface area contributed by atoms with E-state index in [1.165, 1.54) is 17.4 Å². The summed E-state index contributed by atoms with van der Waals surface area (Å²) >= 11 is 1.50. The normalized spacial score (nSPS) is 14.8. The summed E-state index contributed by atoms with van der Waals surface area (Å²) < 4.78 is 5.29. The number of morpholine rings is 1. The minimum atomic E-state index is -0.255. The smallest absolute Gasteiger partial charge is 0.252 e. The molecule has 0 atom stereocenters. The maximum absolute atomic E-state index is 12.0. The number of thiophene rings is 1. The van der Waals surface area contributed by atoms with E-state index in [1.54, 1.807) is 0 Å². The van der Waals surface area contributed by atoms with Crippen LogP contribution in [0.15, 0.2) is 27.7 Å². The lowest BCUT2D eigenvalue weighted by molar-refractivity contribution is -0.115. The zero-order chi connectivity index (χ0) is 15.4. The molecule has 3 rings (SSSR count). The minimum Gasteiger partial charge on any atom is -0.378 e. The molecule has 1 amide bonds. The maximum atomic E-state index is 12.0. The van der Waals surface area contributed by atoms with Gasteiger partial charge in [0.25, 0.3) is 5.56 Å². The SMILES string of the molecule is O=C(Cc1nc(N2CCOCC2)cc(=O)[nH]1)Nc1ccsc1. The van der Waals surface area contributed by atoms with Crippen LogP contribution in [-0.4, -0.2) is 42.2 Å². The average Bonchev–Trinajstić information content (AvgIpc) is 3.00. The summed E-state index contributed by atoms with van der Waals surface area (Å²) in [6, 6.07) is 3.27. The number of anilines is 2. The van der Waals surface area contributed by atoms with Crippen LogP contribution in [-0.2, 0) is 16.0 Å². The molecule has 0 aromatic carbocycles. The van der Waals surface area contributed by atoms with Crippen molar-refractivity contribution in [2.45, 2.75) is 6.42 Å². The van der Waals surface area contributed by atoms with Crippen molar-refractivity contribution in [3.63, 3.8) is 0 Å². The Balaban J connectivity index is 1.71. The molecule has 0 saturated carbocycles. The summed E-state index contributed by atoms with van der Waals surface area (Å²) in [6.07, 6.45) is 0.0310. The first kappa shape index (κ1) is 14.7. The third kappa shape index (κ3) is 3.71. The molecule has 1 fully saturated rings. The number of hydrogen-bond donors (Lipinski definition) is 2. The molecule has 22 heavy (non-hydrogen) atoms. The number of nitrogens with one attached hydrogen (secondary N) is 2. The van der Waals surface area contributed by atoms with Gasteiger partial charge in [-0.25, -0.2) is 4.98 Å². The number of hydrogen-bond acceptors (Lipinski definition) is 6. The van der Waals surface area contributed by atoms with Crippen molar-refractivity contribution in [2.24, 2.45) is 0 Å². The number of nitrogens with zero attached hydrogens (tertiary/aromatic N) is 2. The van der Waals surface area contributed by atoms with Crippen LogP contribution in [0, 0.1) is 0 Å². The van der Waals surface area contributed by atoms with Gasteiger partial charge in [0, 0.05) is 24.5 Å². The topological polar surface area (TPSA) is 87.3 Å². The summed E-state index contributed by atoms with van der Waals surface area (Å²) in [6.45, 7) is 2.61. The van der Waals surface area contributed by atoms with Crippen LogP contribution in [0.5, 0.6) is 0 Å². The average molecular weight is 320 g/mol. The van der Waals surface area contributed by atoms with Crippen molar-refractivity contribution in [3.05, 3.63) is 39.1 Å². The van der Waals surface area contributed by atoms with Gasteiger partial charge in [-0.1, -0.05) is 0 Å². The number of aromatic amines is 1. The predicted molar refractivity (Wildman–Crippen MR) is 84.5 cm³/mol. The molecule has 2 aromatic rings. The molecule has 8 heteroatoms. The second-order valence-electron chi connectivity index (χ2n) is 4.89. The summed E-state index contributed by atoms with van der Waals surface area (Å²) in [5.74, 6) is 0.743. The Hall–Kier alpha value is -2.19. The highest BCUT2D eigenvalue weighted by molar-refractivity contribution is 7.08. The molecule has 0 unspecified atom stereocenters. The fraction of sp³-hybridized carbons (Fsp3) is 0.357. The second kappa shape index (κ2) is 6.71. The lowest BCUT2D eigenvalue weighted by Gasteiger charge is -2.27. The number of carbonyl (C=O) groups excluding carboxylic acids is 1. The molecule has 1 aliphatic rings. The van der Waals surface area contributed by atoms with Crippen molar-refractivity contribution >= 4 is 28.7 Å². The third-order valence-corrected chi connectivity index (χ3v) is 3.93. The van der Waals surface area contributed by atoms with Crippen molar-refractivity contribution in [2.75, 3.05) is 36.5 Å². The van der Waals surface area contributed by atoms with Crippen LogP contribution in [0.25, 0.3) is 0 Å². The van der Waals surface area contributed by atoms with Gasteiger partial charge in [-0.3, -0.25) is 9.59 Å². The minimum absolute atomic E-state index is 0.0310. The van der Waals surface area contributed by atoms with Gasteiger partial charge in [-0.2, -0.15) is 11.3 Å². The Bertz CT molecular complexity index is 692. The number of amides is 1. The number of H-pyrrole nitrogens is 1. The fourth-order valence-corrected chi connectivity index (χ4v) is 2.81. The molecule has 7 nitrogen and oxygen atoms in total. The van der Waals surface area contributed by atoms with Gasteiger partial charge in [-0.15, -0.1) is 0 Å². The van der Waals surface area contributed by atoms with Gasteiger partial charge in [0.05, 0.1) is 25.3 Å². The summed E-state index contributed by atoms with van der Waals surface area (Å²) in [5, 5.41) is 6.49. The van der Waals surface area contributed by atoms with Gasteiger partial charge in [-0.05, 0) is 11.4 Å². The largest absolute Gasteiger partial charge is 0.378 e. The van der Waals surface area contributed by atoms with Gasteiger partial charge < -0.3 is 19.9 Å². The van der Waals surface area contributed by atoms with Crippen LogP contribution < -0.4 is 15.8 Å². The summed E-state index contributed by atoms with van der Waals surface area (Å²) in [7, 11) is 0. The molecule has 2 aromatic heterocycles. The molecular formula is C14H16N4O3S. The number of rotatable bonds is 4. The van der Waals surface area contributed by atoms with E-state index in [-0.39, 0.29) is 17.9 Å². The van der Waals surface area contributed by atoms with Gasteiger partial charge in [0.1, 0.15) is 11.6 Å². The molecular weight excluding hydrogens is 304 g/mol. The van der Waals surface area contributed by atoms with E-state index in [9.17, 15) is 9.59 Å². The number of ether oxygens (including phenoxy) is 1. The Morgan fingerprint density at radius 1 is 1.45 bits per heavy atom. The van der Waals surface area contributed by atoms with Crippen LogP contribution in [0.2, 0.25) is 0 Å². The highest BCUT2D eigenvalue weighted by atomic mass is 32.1. The zero-order valence-electron chi connectivity index (χ0n) is 11.9. The van der Waals surface area contributed by atoms with E-state index in [2.05, 4.69) is 15.3 Å². The molecule has 1 aliphatic heterocycles. The number of carbonyl (C=O) groups is 1. The quantitative estimate of drug-likeness (QED) is 0.872. The molecule has 3 heterocycles. The van der Waals surface area contributed by atoms with Gasteiger partial charge in [0.2, 0.25) is 5.91 Å². The van der Waals surface area contributed by atoms with Crippen LogP contribution in [0.4, 0.5) is 11.5 Å². The predicted octanol–water partition coefficient (Wildman–Crippen LogP) is 0.849. The first-order valence-corrected chi connectivity index (χ1v) is 7.90. The van der Waals surface area contributed by atoms with Crippen LogP contribution >= 0.6 is 11.3 Å². The van der Waals surface area contributed by atoms with Crippen molar-refractivity contribution in [3.8, 4) is 0 Å². The van der Waals surface area contributed by atoms with Crippen molar-refractivity contribution < 1.29 is 9.53 Å². The Kier molecular flexibility index (Phi) is 4.50. The van der Waals surface area contributed by atoms with Crippen LogP contribution in [0.3, 0.4) is 0 Å². The second-order valence-corrected chi connectivity index (χ2v) is 5.67. The molecule has 0 bridgehead atoms. The van der Waals surface area contributed by atoms with E-state index >= 15 is 0 Å². The Morgan fingerprint density at radius 3 is 3.00 bits per heavy atom. The maximum Gasteiger partial charge on any atom is 0.252 e. The highest BCUT2D eigenvalue weighted by Gasteiger charge is 2.15. The van der Waals surface area contributed by atoms with Crippen molar-refractivity contribution in [1.82, 2.24) is 9.97 Å². The van der Waals surface area contributed by atoms with E-state index in [1.807, 2.05) is 21.7 Å². The number of aromatic nitrogens is 2. The zero-order valence-corrected chi connectivity index (χ0v) is 12.7. The summed E-state index contributed by atoms with van der Waals surface area (Å²) in [5.41, 5.74) is 0.497. The summed E-state index contributed by atoms with van der Waals surface area (Å²) in [4.78, 5) is 32.7. The molecule has 1 saturated heterocycles. The monoisotopic (exact) mass is 320 g/mol. The molecule has 0 spiro atoms. The first-order chi connectivity index (χ1) is 10.7. The van der Waals surface area contributed by atoms with Gasteiger partial charge >= 0.3 is 0 Å². The molecule has 0 aliphatic carbocycles. The molecule has 2 N–H and O–H groups in total. The van der Waals surface area contributed by atoms with Gasteiger partial charge in [0.15, 0.2) is 0 Å². The van der Waals surface area contributed by atoms with E-state index in [0.717, 1.165) is 5.69 Å². The highest BCUT2D eigenvalue weighted by Crippen LogP contribution is 2.13. The lowest BCUT2D eigenvalue weighted by atomic mass is 10.3. The van der Waals surface area contributed by atoms with E-state index in [0.29, 0.717) is 37.9 Å². The fourth-order valence-electron chi connectivity index (χ4n) is 2.23. The Morgan fingerprint density at radius 2 is 2.27 bits per heavy atom. The lowest BCUT2D eigenvalue weighted by Crippen LogP contribution is -2.37. The molecule has 116 valence electrons. The Labute approximate surface area is 130 Å². The standard InChI is InChI=1S/C14H16N4O3S/c19-13(15-10-1-6-22-9-10)7-11-16-12(8-14(20)17-11)18-2-4-21-5-3-18/h1,6,8-9H,2-5,7H2,(H,15,19)(H,16,17,20). The van der Waals surface area contributed by atoms with Crippen molar-refractivity contribution in [1.29, 1.82) is 0 Å². The van der Waals surface area contributed by atoms with Crippen LogP contribution in [0.1, 0.15) is 5.82 Å². The van der Waals surface area contributed by atoms with E-state index < -0.39 is 0 Å². The first-order valence-electron chi connectivity index (χ1n) is 6.96. The van der Waals surface area contributed by atoms with E-state index in [4.69, 9.17) is 4.74 Å². The third-order valence-electron chi connectivity index (χ3n) is 3.25. The molecule has 0 radical (unpaired) electrons.